The highest BCUT2D eigenvalue weighted by molar-refractivity contribution is 5.99. The molecule has 102 valence electrons. The van der Waals surface area contributed by atoms with Gasteiger partial charge in [0.15, 0.2) is 5.82 Å². The zero-order valence-corrected chi connectivity index (χ0v) is 10.6. The highest BCUT2D eigenvalue weighted by Gasteiger charge is 2.40. The van der Waals surface area contributed by atoms with E-state index in [1.54, 1.807) is 0 Å². The summed E-state index contributed by atoms with van der Waals surface area (Å²) in [4.78, 5) is 22.2. The number of rotatable bonds is 4. The molecule has 1 aromatic carbocycles. The van der Waals surface area contributed by atoms with Crippen LogP contribution in [0.3, 0.4) is 0 Å². The molecule has 0 spiro atoms. The van der Waals surface area contributed by atoms with Crippen LogP contribution in [0.4, 0.5) is 15.8 Å². The lowest BCUT2D eigenvalue weighted by molar-refractivity contribution is -0.385. The summed E-state index contributed by atoms with van der Waals surface area (Å²) in [6.45, 7) is 1.86. The first-order chi connectivity index (χ1) is 8.86. The van der Waals surface area contributed by atoms with Gasteiger partial charge in [-0.3, -0.25) is 14.9 Å². The average molecular weight is 267 g/mol. The summed E-state index contributed by atoms with van der Waals surface area (Å²) >= 11 is 0. The number of benzene rings is 1. The molecule has 0 heterocycles. The van der Waals surface area contributed by atoms with Crippen LogP contribution in [-0.4, -0.2) is 23.4 Å². The molecule has 0 unspecified atom stereocenters. The second-order valence-electron chi connectivity index (χ2n) is 4.87. The third-order valence-corrected chi connectivity index (χ3v) is 3.21. The Labute approximate surface area is 109 Å². The Bertz CT molecular complexity index is 555. The number of carbonyl (C=O) groups excluding carboxylic acids is 1. The van der Waals surface area contributed by atoms with Crippen molar-refractivity contribution in [3.05, 3.63) is 33.6 Å². The molecule has 0 aromatic heterocycles. The van der Waals surface area contributed by atoms with Crippen LogP contribution in [-0.2, 0) is 0 Å². The molecule has 0 aliphatic heterocycles. The lowest BCUT2D eigenvalue weighted by Crippen LogP contribution is -2.34. The highest BCUT2D eigenvalue weighted by atomic mass is 19.1. The van der Waals surface area contributed by atoms with E-state index in [1.807, 2.05) is 6.92 Å². The van der Waals surface area contributed by atoms with Gasteiger partial charge in [0.05, 0.1) is 16.7 Å². The summed E-state index contributed by atoms with van der Waals surface area (Å²) in [5, 5.41) is 16.2. The van der Waals surface area contributed by atoms with Crippen molar-refractivity contribution in [1.29, 1.82) is 0 Å². The number of amides is 1. The Kier molecular flexibility index (Phi) is 3.13. The van der Waals surface area contributed by atoms with Crippen molar-refractivity contribution in [1.82, 2.24) is 5.32 Å². The van der Waals surface area contributed by atoms with Gasteiger partial charge in [0.2, 0.25) is 0 Å². The smallest absolute Gasteiger partial charge is 0.285 e. The average Bonchev–Trinajstić information content (AvgIpc) is 3.06. The molecular formula is C12H14FN3O3. The van der Waals surface area contributed by atoms with Crippen LogP contribution < -0.4 is 10.6 Å². The van der Waals surface area contributed by atoms with E-state index in [0.717, 1.165) is 25.0 Å². The highest BCUT2D eigenvalue weighted by Crippen LogP contribution is 2.35. The number of nitrogens with one attached hydrogen (secondary N) is 2. The van der Waals surface area contributed by atoms with Crippen LogP contribution in [0.2, 0.25) is 0 Å². The fourth-order valence-electron chi connectivity index (χ4n) is 1.74. The summed E-state index contributed by atoms with van der Waals surface area (Å²) in [6, 6.07) is 1.92. The Balaban J connectivity index is 2.41. The van der Waals surface area contributed by atoms with E-state index < -0.39 is 22.3 Å². The van der Waals surface area contributed by atoms with Gasteiger partial charge in [-0.25, -0.2) is 4.39 Å². The molecule has 1 aromatic rings. The SMILES string of the molecule is CNc1cc(C(=O)NC2(C)CC2)c([N+](=O)[O-])cc1F. The van der Waals surface area contributed by atoms with Crippen LogP contribution in [0.15, 0.2) is 12.1 Å². The van der Waals surface area contributed by atoms with E-state index in [2.05, 4.69) is 10.6 Å². The van der Waals surface area contributed by atoms with Crippen LogP contribution in [0, 0.1) is 15.9 Å². The molecule has 0 radical (unpaired) electrons. The molecule has 0 atom stereocenters. The number of hydrogen-bond donors (Lipinski definition) is 2. The number of nitro groups is 1. The second-order valence-corrected chi connectivity index (χ2v) is 4.87. The molecule has 1 amide bonds. The summed E-state index contributed by atoms with van der Waals surface area (Å²) < 4.78 is 13.5. The third-order valence-electron chi connectivity index (χ3n) is 3.21. The molecule has 2 N–H and O–H groups in total. The fraction of sp³-hybridized carbons (Fsp3) is 0.417. The lowest BCUT2D eigenvalue weighted by atomic mass is 10.1. The predicted molar refractivity (Wildman–Crippen MR) is 67.7 cm³/mol. The van der Waals surface area contributed by atoms with Crippen molar-refractivity contribution < 1.29 is 14.1 Å². The van der Waals surface area contributed by atoms with Gasteiger partial charge in [-0.2, -0.15) is 0 Å². The lowest BCUT2D eigenvalue weighted by Gasteiger charge is -2.12. The molecule has 1 aliphatic carbocycles. The largest absolute Gasteiger partial charge is 0.386 e. The molecule has 2 rings (SSSR count). The second kappa shape index (κ2) is 4.49. The summed E-state index contributed by atoms with van der Waals surface area (Å²) in [5.74, 6) is -1.31. The Morgan fingerprint density at radius 3 is 2.58 bits per heavy atom. The Morgan fingerprint density at radius 1 is 1.47 bits per heavy atom. The molecule has 7 heteroatoms. The first-order valence-electron chi connectivity index (χ1n) is 5.84. The minimum atomic E-state index is -0.761. The van der Waals surface area contributed by atoms with Crippen LogP contribution in [0.25, 0.3) is 0 Å². The van der Waals surface area contributed by atoms with E-state index in [9.17, 15) is 19.3 Å². The van der Waals surface area contributed by atoms with Crippen LogP contribution in [0.1, 0.15) is 30.1 Å². The van der Waals surface area contributed by atoms with E-state index in [-0.39, 0.29) is 16.8 Å². The molecule has 1 saturated carbocycles. The number of carbonyl (C=O) groups is 1. The maximum Gasteiger partial charge on any atom is 0.285 e. The molecule has 1 fully saturated rings. The van der Waals surface area contributed by atoms with E-state index >= 15 is 0 Å². The van der Waals surface area contributed by atoms with Gasteiger partial charge in [-0.15, -0.1) is 0 Å². The van der Waals surface area contributed by atoms with Gasteiger partial charge in [-0.1, -0.05) is 0 Å². The van der Waals surface area contributed by atoms with Crippen molar-refractivity contribution in [2.75, 3.05) is 12.4 Å². The van der Waals surface area contributed by atoms with Gasteiger partial charge in [0.1, 0.15) is 5.56 Å². The fourth-order valence-corrected chi connectivity index (χ4v) is 1.74. The monoisotopic (exact) mass is 267 g/mol. The summed E-state index contributed by atoms with van der Waals surface area (Å²) in [6.07, 6.45) is 1.68. The maximum absolute atomic E-state index is 13.5. The number of nitro benzene ring substituents is 1. The van der Waals surface area contributed by atoms with Gasteiger partial charge in [0.25, 0.3) is 11.6 Å². The number of nitrogens with zero attached hydrogens (tertiary/aromatic N) is 1. The first-order valence-corrected chi connectivity index (χ1v) is 5.84. The quantitative estimate of drug-likeness (QED) is 0.646. The zero-order chi connectivity index (χ0) is 14.2. The van der Waals surface area contributed by atoms with E-state index in [1.165, 1.54) is 7.05 Å². The minimum absolute atomic E-state index is 0.0525. The number of halogens is 1. The Morgan fingerprint density at radius 2 is 2.11 bits per heavy atom. The minimum Gasteiger partial charge on any atom is -0.386 e. The molecule has 1 aliphatic rings. The number of anilines is 1. The van der Waals surface area contributed by atoms with Gasteiger partial charge in [0, 0.05) is 12.6 Å². The van der Waals surface area contributed by atoms with Crippen molar-refractivity contribution in [2.24, 2.45) is 0 Å². The molecule has 6 nitrogen and oxygen atoms in total. The van der Waals surface area contributed by atoms with Crippen molar-refractivity contribution >= 4 is 17.3 Å². The Hall–Kier alpha value is -2.18. The van der Waals surface area contributed by atoms with E-state index in [0.29, 0.717) is 0 Å². The topological polar surface area (TPSA) is 84.3 Å². The number of hydrogen-bond acceptors (Lipinski definition) is 4. The maximum atomic E-state index is 13.5. The van der Waals surface area contributed by atoms with Crippen LogP contribution >= 0.6 is 0 Å². The summed E-state index contributed by atoms with van der Waals surface area (Å²) in [7, 11) is 1.48. The predicted octanol–water partition coefficient (Wildman–Crippen LogP) is 2.06. The van der Waals surface area contributed by atoms with Crippen molar-refractivity contribution in [2.45, 2.75) is 25.3 Å². The van der Waals surface area contributed by atoms with Gasteiger partial charge >= 0.3 is 0 Å². The van der Waals surface area contributed by atoms with Crippen LogP contribution in [0.5, 0.6) is 0 Å². The zero-order valence-electron chi connectivity index (χ0n) is 10.6. The standard InChI is InChI=1S/C12H14FN3O3/c1-12(3-4-12)15-11(17)7-5-9(14-2)8(13)6-10(7)16(18)19/h5-6,14H,3-4H2,1-2H3,(H,15,17). The molecule has 0 bridgehead atoms. The van der Waals surface area contributed by atoms with Crippen molar-refractivity contribution in [3.63, 3.8) is 0 Å². The van der Waals surface area contributed by atoms with Crippen molar-refractivity contribution in [3.8, 4) is 0 Å². The first kappa shape index (κ1) is 13.3. The van der Waals surface area contributed by atoms with E-state index in [4.69, 9.17) is 0 Å². The molecular weight excluding hydrogens is 253 g/mol. The van der Waals surface area contributed by atoms with Gasteiger partial charge < -0.3 is 10.6 Å². The third kappa shape index (κ3) is 2.64. The molecule has 0 saturated heterocycles. The summed E-state index contributed by atoms with van der Waals surface area (Å²) in [5.41, 5.74) is -0.905. The molecule has 19 heavy (non-hydrogen) atoms. The van der Waals surface area contributed by atoms with Gasteiger partial charge in [-0.05, 0) is 25.8 Å². The normalized spacial score (nSPS) is 15.7.